The molecule has 0 saturated heterocycles. The molecule has 3 heteroatoms. The fourth-order valence-corrected chi connectivity index (χ4v) is 1.41. The molecule has 16 heavy (non-hydrogen) atoms. The summed E-state index contributed by atoms with van der Waals surface area (Å²) < 4.78 is 5.45. The van der Waals surface area contributed by atoms with E-state index >= 15 is 0 Å². The van der Waals surface area contributed by atoms with Gasteiger partial charge in [0.25, 0.3) is 0 Å². The van der Waals surface area contributed by atoms with Gasteiger partial charge in [-0.05, 0) is 26.7 Å². The molecule has 1 unspecified atom stereocenters. The number of rotatable bonds is 5. The monoisotopic (exact) mass is 224 g/mol. The maximum absolute atomic E-state index is 5.45. The second kappa shape index (κ2) is 5.48. The molecule has 3 nitrogen and oxygen atoms in total. The first kappa shape index (κ1) is 13.2. The molecule has 0 aliphatic rings. The van der Waals surface area contributed by atoms with Crippen molar-refractivity contribution < 1.29 is 4.42 Å². The molecule has 1 aromatic heterocycles. The van der Waals surface area contributed by atoms with Crippen LogP contribution < -0.4 is 5.32 Å². The van der Waals surface area contributed by atoms with Gasteiger partial charge in [-0.2, -0.15) is 0 Å². The van der Waals surface area contributed by atoms with Gasteiger partial charge in [0.15, 0.2) is 6.39 Å². The van der Waals surface area contributed by atoms with Gasteiger partial charge in [-0.25, -0.2) is 4.98 Å². The van der Waals surface area contributed by atoms with Gasteiger partial charge in [-0.15, -0.1) is 0 Å². The second-order valence-electron chi connectivity index (χ2n) is 5.54. The minimum absolute atomic E-state index is 0.118. The summed E-state index contributed by atoms with van der Waals surface area (Å²) >= 11 is 0. The zero-order valence-electron chi connectivity index (χ0n) is 11.1. The van der Waals surface area contributed by atoms with Crippen LogP contribution in [0.2, 0.25) is 0 Å². The Balaban J connectivity index is 2.57. The van der Waals surface area contributed by atoms with E-state index in [-0.39, 0.29) is 5.54 Å². The van der Waals surface area contributed by atoms with Crippen molar-refractivity contribution >= 4 is 0 Å². The van der Waals surface area contributed by atoms with E-state index in [1.807, 2.05) is 0 Å². The molecule has 0 spiro atoms. The van der Waals surface area contributed by atoms with Crippen LogP contribution in [0.15, 0.2) is 10.8 Å². The lowest BCUT2D eigenvalue weighted by atomic mass is 10.0. The van der Waals surface area contributed by atoms with Crippen molar-refractivity contribution in [3.8, 4) is 0 Å². The summed E-state index contributed by atoms with van der Waals surface area (Å²) in [5.41, 5.74) is 1.17. The third-order valence-electron chi connectivity index (χ3n) is 2.74. The van der Waals surface area contributed by atoms with Crippen molar-refractivity contribution in [1.82, 2.24) is 10.3 Å². The molecule has 0 bridgehead atoms. The van der Waals surface area contributed by atoms with Crippen LogP contribution in [-0.2, 0) is 13.0 Å². The van der Waals surface area contributed by atoms with Crippen LogP contribution in [0.4, 0.5) is 0 Å². The first-order valence-electron chi connectivity index (χ1n) is 6.08. The fourth-order valence-electron chi connectivity index (χ4n) is 1.41. The summed E-state index contributed by atoms with van der Waals surface area (Å²) in [6.45, 7) is 11.7. The SMILES string of the molecule is CCC(C)Cc1ocnc1CNC(C)(C)C. The normalized spacial score (nSPS) is 14.1. The average Bonchev–Trinajstić information content (AvgIpc) is 2.61. The largest absolute Gasteiger partial charge is 0.448 e. The first-order valence-corrected chi connectivity index (χ1v) is 6.08. The minimum atomic E-state index is 0.118. The Hall–Kier alpha value is -0.830. The van der Waals surface area contributed by atoms with E-state index in [2.05, 4.69) is 44.9 Å². The summed E-state index contributed by atoms with van der Waals surface area (Å²) in [4.78, 5) is 4.28. The number of hydrogen-bond acceptors (Lipinski definition) is 3. The van der Waals surface area contributed by atoms with Crippen LogP contribution in [-0.4, -0.2) is 10.5 Å². The molecule has 1 rings (SSSR count). The van der Waals surface area contributed by atoms with Crippen molar-refractivity contribution in [2.45, 2.75) is 59.5 Å². The molecule has 0 saturated carbocycles. The highest BCUT2D eigenvalue weighted by atomic mass is 16.3. The van der Waals surface area contributed by atoms with Crippen molar-refractivity contribution in [1.29, 1.82) is 0 Å². The van der Waals surface area contributed by atoms with Crippen LogP contribution >= 0.6 is 0 Å². The van der Waals surface area contributed by atoms with Gasteiger partial charge in [0, 0.05) is 18.5 Å². The van der Waals surface area contributed by atoms with E-state index in [0.717, 1.165) is 24.4 Å². The molecule has 1 N–H and O–H groups in total. The van der Waals surface area contributed by atoms with Crippen LogP contribution in [0.1, 0.15) is 52.5 Å². The van der Waals surface area contributed by atoms with Gasteiger partial charge in [-0.1, -0.05) is 20.3 Å². The third kappa shape index (κ3) is 4.35. The average molecular weight is 224 g/mol. The second-order valence-corrected chi connectivity index (χ2v) is 5.54. The maximum Gasteiger partial charge on any atom is 0.181 e. The Labute approximate surface area is 98.6 Å². The highest BCUT2D eigenvalue weighted by molar-refractivity contribution is 5.08. The van der Waals surface area contributed by atoms with E-state index in [0.29, 0.717) is 5.92 Å². The quantitative estimate of drug-likeness (QED) is 0.835. The molecule has 1 atom stereocenters. The molecule has 0 radical (unpaired) electrons. The Morgan fingerprint density at radius 1 is 1.44 bits per heavy atom. The van der Waals surface area contributed by atoms with Gasteiger partial charge in [0.1, 0.15) is 5.76 Å². The first-order chi connectivity index (χ1) is 7.42. The molecule has 0 aromatic carbocycles. The lowest BCUT2D eigenvalue weighted by Gasteiger charge is -2.20. The van der Waals surface area contributed by atoms with E-state index in [9.17, 15) is 0 Å². The van der Waals surface area contributed by atoms with Crippen molar-refractivity contribution in [3.05, 3.63) is 17.8 Å². The van der Waals surface area contributed by atoms with Gasteiger partial charge in [-0.3, -0.25) is 0 Å². The number of nitrogens with zero attached hydrogens (tertiary/aromatic N) is 1. The Morgan fingerprint density at radius 2 is 2.12 bits per heavy atom. The topological polar surface area (TPSA) is 38.1 Å². The van der Waals surface area contributed by atoms with E-state index < -0.39 is 0 Å². The summed E-state index contributed by atoms with van der Waals surface area (Å²) in [5.74, 6) is 1.69. The minimum Gasteiger partial charge on any atom is -0.448 e. The molecule has 0 aliphatic carbocycles. The molecular weight excluding hydrogens is 200 g/mol. The van der Waals surface area contributed by atoms with Crippen molar-refractivity contribution in [2.24, 2.45) is 5.92 Å². The van der Waals surface area contributed by atoms with Crippen LogP contribution in [0.3, 0.4) is 0 Å². The van der Waals surface area contributed by atoms with Crippen LogP contribution in [0.25, 0.3) is 0 Å². The smallest absolute Gasteiger partial charge is 0.181 e. The fraction of sp³-hybridized carbons (Fsp3) is 0.769. The van der Waals surface area contributed by atoms with Gasteiger partial charge in [0.05, 0.1) is 5.69 Å². The Kier molecular flexibility index (Phi) is 4.54. The third-order valence-corrected chi connectivity index (χ3v) is 2.74. The van der Waals surface area contributed by atoms with Gasteiger partial charge < -0.3 is 9.73 Å². The van der Waals surface area contributed by atoms with Gasteiger partial charge in [0.2, 0.25) is 0 Å². The molecule has 1 aromatic rings. The Bertz CT molecular complexity index is 312. The summed E-state index contributed by atoms with van der Waals surface area (Å²) in [7, 11) is 0. The van der Waals surface area contributed by atoms with Crippen LogP contribution in [0, 0.1) is 5.92 Å². The van der Waals surface area contributed by atoms with Crippen molar-refractivity contribution in [3.63, 3.8) is 0 Å². The Morgan fingerprint density at radius 3 is 2.69 bits per heavy atom. The molecular formula is C13H24N2O. The molecule has 0 amide bonds. The summed E-state index contributed by atoms with van der Waals surface area (Å²) in [6.07, 6.45) is 3.71. The number of nitrogens with one attached hydrogen (secondary N) is 1. The van der Waals surface area contributed by atoms with Crippen LogP contribution in [0.5, 0.6) is 0 Å². The lowest BCUT2D eigenvalue weighted by molar-refractivity contribution is 0.410. The zero-order valence-corrected chi connectivity index (χ0v) is 11.1. The maximum atomic E-state index is 5.45. The molecule has 92 valence electrons. The standard InChI is InChI=1S/C13H24N2O/c1-6-10(2)7-12-11(14-9-16-12)8-15-13(3,4)5/h9-10,15H,6-8H2,1-5H3. The van der Waals surface area contributed by atoms with E-state index in [4.69, 9.17) is 4.42 Å². The van der Waals surface area contributed by atoms with E-state index in [1.54, 1.807) is 6.39 Å². The lowest BCUT2D eigenvalue weighted by Crippen LogP contribution is -2.35. The molecule has 0 fully saturated rings. The summed E-state index contributed by atoms with van der Waals surface area (Å²) in [6, 6.07) is 0. The molecule has 0 aliphatic heterocycles. The van der Waals surface area contributed by atoms with Crippen molar-refractivity contribution in [2.75, 3.05) is 0 Å². The highest BCUT2D eigenvalue weighted by Gasteiger charge is 2.14. The summed E-state index contributed by atoms with van der Waals surface area (Å²) in [5, 5.41) is 3.43. The number of hydrogen-bond donors (Lipinski definition) is 1. The highest BCUT2D eigenvalue weighted by Crippen LogP contribution is 2.15. The predicted molar refractivity (Wildman–Crippen MR) is 66.3 cm³/mol. The van der Waals surface area contributed by atoms with E-state index in [1.165, 1.54) is 6.42 Å². The van der Waals surface area contributed by atoms with Gasteiger partial charge >= 0.3 is 0 Å². The zero-order chi connectivity index (χ0) is 12.2. The number of aromatic nitrogens is 1. The number of oxazole rings is 1. The predicted octanol–water partition coefficient (Wildman–Crippen LogP) is 3.15. The molecule has 1 heterocycles.